The molecule has 1 aromatic rings. The Labute approximate surface area is 141 Å². The van der Waals surface area contributed by atoms with E-state index in [9.17, 15) is 4.79 Å². The van der Waals surface area contributed by atoms with Crippen molar-refractivity contribution in [3.8, 4) is 0 Å². The molecule has 0 aliphatic rings. The monoisotopic (exact) mass is 316 g/mol. The van der Waals surface area contributed by atoms with Gasteiger partial charge in [0.2, 0.25) is 0 Å². The minimum Gasteiger partial charge on any atom is -0.462 e. The zero-order valence-electron chi connectivity index (χ0n) is 14.9. The lowest BCUT2D eigenvalue weighted by Crippen LogP contribution is -2.09. The summed E-state index contributed by atoms with van der Waals surface area (Å²) in [5.41, 5.74) is 3.15. The van der Waals surface area contributed by atoms with Crippen LogP contribution in [0.5, 0.6) is 0 Å². The SMILES string of the molecule is C=C(C)C(=O)OCCc1ccccc1CCCCCCCCC. The fourth-order valence-corrected chi connectivity index (χ4v) is 2.69. The van der Waals surface area contributed by atoms with Gasteiger partial charge in [-0.1, -0.05) is 76.3 Å². The van der Waals surface area contributed by atoms with Gasteiger partial charge in [-0.25, -0.2) is 4.79 Å². The molecule has 1 aromatic carbocycles. The second-order valence-corrected chi connectivity index (χ2v) is 6.31. The number of carbonyl (C=O) groups excluding carboxylic acids is 1. The Kier molecular flexibility index (Phi) is 10.1. The molecular weight excluding hydrogens is 284 g/mol. The van der Waals surface area contributed by atoms with Gasteiger partial charge in [0.25, 0.3) is 0 Å². The van der Waals surface area contributed by atoms with Crippen molar-refractivity contribution in [2.24, 2.45) is 0 Å². The van der Waals surface area contributed by atoms with Crippen LogP contribution in [0.25, 0.3) is 0 Å². The highest BCUT2D eigenvalue weighted by Gasteiger charge is 2.05. The summed E-state index contributed by atoms with van der Waals surface area (Å²) in [5, 5.41) is 0. The molecule has 2 nitrogen and oxygen atoms in total. The minimum absolute atomic E-state index is 0.297. The Morgan fingerprint density at radius 1 is 0.957 bits per heavy atom. The maximum atomic E-state index is 11.4. The van der Waals surface area contributed by atoms with Gasteiger partial charge in [-0.2, -0.15) is 0 Å². The highest BCUT2D eigenvalue weighted by Crippen LogP contribution is 2.15. The highest BCUT2D eigenvalue weighted by atomic mass is 16.5. The Bertz CT molecular complexity index is 476. The van der Waals surface area contributed by atoms with E-state index in [-0.39, 0.29) is 5.97 Å². The molecule has 128 valence electrons. The van der Waals surface area contributed by atoms with Crippen LogP contribution in [0.1, 0.15) is 69.9 Å². The highest BCUT2D eigenvalue weighted by molar-refractivity contribution is 5.86. The van der Waals surface area contributed by atoms with Crippen LogP contribution in [0.2, 0.25) is 0 Å². The van der Waals surface area contributed by atoms with E-state index in [0.29, 0.717) is 12.2 Å². The number of benzene rings is 1. The lowest BCUT2D eigenvalue weighted by atomic mass is 9.99. The molecule has 0 unspecified atom stereocenters. The predicted molar refractivity (Wildman–Crippen MR) is 97.6 cm³/mol. The standard InChI is InChI=1S/C21H32O2/c1-4-5-6-7-8-9-10-13-19-14-11-12-15-20(19)16-17-23-21(22)18(2)3/h11-12,14-15H,2,4-10,13,16-17H2,1,3H3. The number of aryl methyl sites for hydroxylation is 1. The summed E-state index contributed by atoms with van der Waals surface area (Å²) in [4.78, 5) is 11.4. The molecule has 0 aliphatic carbocycles. The Morgan fingerprint density at radius 3 is 2.13 bits per heavy atom. The van der Waals surface area contributed by atoms with Gasteiger partial charge in [0, 0.05) is 12.0 Å². The second kappa shape index (κ2) is 11.9. The average Bonchev–Trinajstić information content (AvgIpc) is 2.55. The second-order valence-electron chi connectivity index (χ2n) is 6.31. The summed E-state index contributed by atoms with van der Waals surface area (Å²) < 4.78 is 5.20. The third-order valence-electron chi connectivity index (χ3n) is 4.12. The minimum atomic E-state index is -0.297. The zero-order chi connectivity index (χ0) is 16.9. The first kappa shape index (κ1) is 19.5. The van der Waals surface area contributed by atoms with Crippen LogP contribution in [-0.4, -0.2) is 12.6 Å². The lowest BCUT2D eigenvalue weighted by Gasteiger charge is -2.10. The molecule has 0 radical (unpaired) electrons. The van der Waals surface area contributed by atoms with E-state index in [2.05, 4.69) is 37.8 Å². The normalized spacial score (nSPS) is 10.5. The molecule has 0 fully saturated rings. The molecule has 0 bridgehead atoms. The molecule has 0 N–H and O–H groups in total. The van der Waals surface area contributed by atoms with Crippen LogP contribution < -0.4 is 0 Å². The topological polar surface area (TPSA) is 26.3 Å². The first-order chi connectivity index (χ1) is 11.1. The van der Waals surface area contributed by atoms with Crippen LogP contribution in [0.3, 0.4) is 0 Å². The van der Waals surface area contributed by atoms with E-state index in [1.807, 2.05) is 0 Å². The third-order valence-corrected chi connectivity index (χ3v) is 4.12. The van der Waals surface area contributed by atoms with E-state index in [1.54, 1.807) is 6.92 Å². The van der Waals surface area contributed by atoms with E-state index in [0.717, 1.165) is 12.8 Å². The van der Waals surface area contributed by atoms with Crippen LogP contribution >= 0.6 is 0 Å². The summed E-state index contributed by atoms with van der Waals surface area (Å²) >= 11 is 0. The fourth-order valence-electron chi connectivity index (χ4n) is 2.69. The van der Waals surface area contributed by atoms with Gasteiger partial charge in [-0.05, 0) is 30.9 Å². The van der Waals surface area contributed by atoms with Gasteiger partial charge >= 0.3 is 5.97 Å². The van der Waals surface area contributed by atoms with Gasteiger partial charge in [-0.3, -0.25) is 0 Å². The lowest BCUT2D eigenvalue weighted by molar-refractivity contribution is -0.138. The van der Waals surface area contributed by atoms with Crippen molar-refractivity contribution in [1.29, 1.82) is 0 Å². The number of hydrogen-bond donors (Lipinski definition) is 0. The zero-order valence-corrected chi connectivity index (χ0v) is 14.9. The molecule has 23 heavy (non-hydrogen) atoms. The van der Waals surface area contributed by atoms with Gasteiger partial charge in [0.15, 0.2) is 0 Å². The molecule has 2 heteroatoms. The van der Waals surface area contributed by atoms with Crippen LogP contribution in [-0.2, 0) is 22.4 Å². The maximum absolute atomic E-state index is 11.4. The van der Waals surface area contributed by atoms with Crippen molar-refractivity contribution in [2.45, 2.75) is 71.6 Å². The molecule has 1 rings (SSSR count). The molecular formula is C21H32O2. The van der Waals surface area contributed by atoms with Crippen molar-refractivity contribution < 1.29 is 9.53 Å². The van der Waals surface area contributed by atoms with Crippen molar-refractivity contribution >= 4 is 5.97 Å². The van der Waals surface area contributed by atoms with E-state index < -0.39 is 0 Å². The van der Waals surface area contributed by atoms with Crippen LogP contribution in [0.4, 0.5) is 0 Å². The number of carbonyl (C=O) groups is 1. The van der Waals surface area contributed by atoms with Crippen molar-refractivity contribution in [1.82, 2.24) is 0 Å². The smallest absolute Gasteiger partial charge is 0.333 e. The summed E-state index contributed by atoms with van der Waals surface area (Å²) in [5.74, 6) is -0.297. The van der Waals surface area contributed by atoms with Crippen LogP contribution in [0, 0.1) is 0 Å². The predicted octanol–water partition coefficient (Wildman–Crippen LogP) is 5.64. The number of ether oxygens (including phenoxy) is 1. The molecule has 0 aliphatic heterocycles. The van der Waals surface area contributed by atoms with Gasteiger partial charge in [0.05, 0.1) is 6.61 Å². The fraction of sp³-hybridized carbons (Fsp3) is 0.571. The molecule has 0 spiro atoms. The largest absolute Gasteiger partial charge is 0.462 e. The molecule has 0 amide bonds. The number of unbranched alkanes of at least 4 members (excludes halogenated alkanes) is 6. The summed E-state index contributed by atoms with van der Waals surface area (Å²) in [6, 6.07) is 8.50. The first-order valence-electron chi connectivity index (χ1n) is 9.04. The number of rotatable bonds is 12. The first-order valence-corrected chi connectivity index (χ1v) is 9.04. The molecule has 0 saturated heterocycles. The summed E-state index contributed by atoms with van der Waals surface area (Å²) in [7, 11) is 0. The summed E-state index contributed by atoms with van der Waals surface area (Å²) in [6.07, 6.45) is 11.2. The summed E-state index contributed by atoms with van der Waals surface area (Å²) in [6.45, 7) is 7.96. The van der Waals surface area contributed by atoms with E-state index in [4.69, 9.17) is 4.74 Å². The molecule has 0 heterocycles. The molecule has 0 aromatic heterocycles. The number of hydrogen-bond acceptors (Lipinski definition) is 2. The van der Waals surface area contributed by atoms with E-state index in [1.165, 1.54) is 56.1 Å². The average molecular weight is 316 g/mol. The third kappa shape index (κ3) is 8.59. The van der Waals surface area contributed by atoms with Gasteiger partial charge < -0.3 is 4.74 Å². The Hall–Kier alpha value is -1.57. The van der Waals surface area contributed by atoms with Crippen molar-refractivity contribution in [2.75, 3.05) is 6.61 Å². The molecule has 0 atom stereocenters. The Morgan fingerprint density at radius 2 is 1.52 bits per heavy atom. The van der Waals surface area contributed by atoms with Gasteiger partial charge in [-0.15, -0.1) is 0 Å². The quantitative estimate of drug-likeness (QED) is 0.283. The van der Waals surface area contributed by atoms with E-state index >= 15 is 0 Å². The maximum Gasteiger partial charge on any atom is 0.333 e. The van der Waals surface area contributed by atoms with Crippen LogP contribution in [0.15, 0.2) is 36.4 Å². The number of esters is 1. The van der Waals surface area contributed by atoms with Gasteiger partial charge in [0.1, 0.15) is 0 Å². The van der Waals surface area contributed by atoms with Crippen molar-refractivity contribution in [3.05, 3.63) is 47.5 Å². The van der Waals surface area contributed by atoms with Crippen molar-refractivity contribution in [3.63, 3.8) is 0 Å². The Balaban J connectivity index is 2.30. The molecule has 0 saturated carbocycles.